The molecule has 0 unspecified atom stereocenters. The molecule has 3 nitrogen and oxygen atoms in total. The molecule has 0 aliphatic heterocycles. The highest BCUT2D eigenvalue weighted by Gasteiger charge is 2.04. The molecule has 0 spiro atoms. The van der Waals surface area contributed by atoms with E-state index in [0.717, 1.165) is 41.3 Å². The van der Waals surface area contributed by atoms with Gasteiger partial charge in [0.25, 0.3) is 0 Å². The van der Waals surface area contributed by atoms with Gasteiger partial charge in [0.1, 0.15) is 17.8 Å². The number of hydrogen-bond acceptors (Lipinski definition) is 3. The van der Waals surface area contributed by atoms with Gasteiger partial charge in [-0.05, 0) is 37.8 Å². The van der Waals surface area contributed by atoms with E-state index in [-0.39, 0.29) is 0 Å². The number of aldehydes is 1. The summed E-state index contributed by atoms with van der Waals surface area (Å²) in [6, 6.07) is 5.53. The minimum absolute atomic E-state index is 0.615. The summed E-state index contributed by atoms with van der Waals surface area (Å²) in [5.74, 6) is 1.48. The van der Waals surface area contributed by atoms with Crippen molar-refractivity contribution in [1.82, 2.24) is 0 Å². The number of carbonyl (C=O) groups is 1. The third kappa shape index (κ3) is 17.0. The highest BCUT2D eigenvalue weighted by molar-refractivity contribution is 9.09. The third-order valence-electron chi connectivity index (χ3n) is 5.63. The molecule has 32 heavy (non-hydrogen) atoms. The fraction of sp³-hybridized carbons (Fsp3) is 0.741. The summed E-state index contributed by atoms with van der Waals surface area (Å²) in [6.45, 7) is 1.39. The summed E-state index contributed by atoms with van der Waals surface area (Å²) in [5.41, 5.74) is 0.615. The van der Waals surface area contributed by atoms with Gasteiger partial charge in [-0.15, -0.1) is 0 Å². The van der Waals surface area contributed by atoms with Gasteiger partial charge < -0.3 is 9.47 Å². The summed E-state index contributed by atoms with van der Waals surface area (Å²) in [6.07, 6.45) is 21.2. The molecule has 1 rings (SSSR count). The fourth-order valence-electron chi connectivity index (χ4n) is 3.72. The van der Waals surface area contributed by atoms with Crippen LogP contribution >= 0.6 is 31.9 Å². The summed E-state index contributed by atoms with van der Waals surface area (Å²) in [4.78, 5) is 11.3. The topological polar surface area (TPSA) is 35.5 Å². The lowest BCUT2D eigenvalue weighted by Crippen LogP contribution is -2.01. The number of halogens is 2. The van der Waals surface area contributed by atoms with Crippen LogP contribution in [0.15, 0.2) is 18.2 Å². The van der Waals surface area contributed by atoms with Crippen LogP contribution < -0.4 is 9.47 Å². The van der Waals surface area contributed by atoms with E-state index >= 15 is 0 Å². The predicted octanol–water partition coefficient (Wildman–Crippen LogP) is 9.29. The number of ether oxygens (including phenoxy) is 2. The molecule has 0 N–H and O–H groups in total. The van der Waals surface area contributed by atoms with E-state index in [1.807, 2.05) is 6.07 Å². The van der Waals surface area contributed by atoms with Crippen LogP contribution in [0.2, 0.25) is 0 Å². The molecule has 0 fully saturated rings. The Morgan fingerprint density at radius 2 is 0.875 bits per heavy atom. The monoisotopic (exact) mass is 574 g/mol. The van der Waals surface area contributed by atoms with Crippen LogP contribution in [0.4, 0.5) is 0 Å². The average molecular weight is 576 g/mol. The Balaban J connectivity index is 2.14. The molecule has 0 saturated heterocycles. The van der Waals surface area contributed by atoms with E-state index in [2.05, 4.69) is 31.9 Å². The van der Waals surface area contributed by atoms with Crippen molar-refractivity contribution in [2.45, 2.75) is 103 Å². The number of rotatable bonds is 23. The Morgan fingerprint density at radius 1 is 0.531 bits per heavy atom. The number of alkyl halides is 2. The lowest BCUT2D eigenvalue weighted by molar-refractivity contribution is 0.112. The summed E-state index contributed by atoms with van der Waals surface area (Å²) in [5, 5.41) is 2.25. The highest BCUT2D eigenvalue weighted by atomic mass is 79.9. The Bertz CT molecular complexity index is 524. The van der Waals surface area contributed by atoms with E-state index in [1.165, 1.54) is 89.9 Å². The maximum Gasteiger partial charge on any atom is 0.150 e. The van der Waals surface area contributed by atoms with E-state index in [1.54, 1.807) is 12.1 Å². The first kappa shape index (κ1) is 29.5. The van der Waals surface area contributed by atoms with Crippen LogP contribution in [-0.4, -0.2) is 30.2 Å². The molecule has 184 valence electrons. The van der Waals surface area contributed by atoms with Gasteiger partial charge >= 0.3 is 0 Å². The van der Waals surface area contributed by atoms with Crippen molar-refractivity contribution >= 4 is 38.1 Å². The predicted molar refractivity (Wildman–Crippen MR) is 144 cm³/mol. The van der Waals surface area contributed by atoms with Crippen molar-refractivity contribution < 1.29 is 14.3 Å². The van der Waals surface area contributed by atoms with Crippen molar-refractivity contribution in [3.8, 4) is 11.5 Å². The zero-order valence-electron chi connectivity index (χ0n) is 19.9. The van der Waals surface area contributed by atoms with E-state index in [4.69, 9.17) is 9.47 Å². The van der Waals surface area contributed by atoms with E-state index in [9.17, 15) is 4.79 Å². The zero-order chi connectivity index (χ0) is 23.1. The molecule has 0 aliphatic rings. The Hall–Kier alpha value is -0.550. The fourth-order valence-corrected chi connectivity index (χ4v) is 4.52. The standard InChI is InChI=1S/C27H44Br2O3/c28-17-13-9-5-1-3-7-11-15-19-31-26-21-25(24-30)22-27(23-26)32-20-16-12-8-4-2-6-10-14-18-29/h21-24H,1-20H2. The van der Waals surface area contributed by atoms with Crippen molar-refractivity contribution in [1.29, 1.82) is 0 Å². The third-order valence-corrected chi connectivity index (χ3v) is 6.75. The van der Waals surface area contributed by atoms with Crippen LogP contribution in [0.3, 0.4) is 0 Å². The van der Waals surface area contributed by atoms with Crippen LogP contribution in [-0.2, 0) is 0 Å². The van der Waals surface area contributed by atoms with Crippen molar-refractivity contribution in [2.75, 3.05) is 23.9 Å². The van der Waals surface area contributed by atoms with Crippen LogP contribution in [0, 0.1) is 0 Å². The second-order valence-corrected chi connectivity index (χ2v) is 10.2. The molecule has 0 atom stereocenters. The van der Waals surface area contributed by atoms with E-state index in [0.29, 0.717) is 18.8 Å². The number of hydrogen-bond donors (Lipinski definition) is 0. The number of carbonyl (C=O) groups excluding carboxylic acids is 1. The normalized spacial score (nSPS) is 10.9. The van der Waals surface area contributed by atoms with Crippen molar-refractivity contribution in [3.05, 3.63) is 23.8 Å². The van der Waals surface area contributed by atoms with Crippen LogP contribution in [0.25, 0.3) is 0 Å². The van der Waals surface area contributed by atoms with E-state index < -0.39 is 0 Å². The maximum absolute atomic E-state index is 11.3. The molecular formula is C27H44Br2O3. The lowest BCUT2D eigenvalue weighted by atomic mass is 10.1. The van der Waals surface area contributed by atoms with Crippen molar-refractivity contribution in [2.24, 2.45) is 0 Å². The highest BCUT2D eigenvalue weighted by Crippen LogP contribution is 2.23. The summed E-state index contributed by atoms with van der Waals surface area (Å²) in [7, 11) is 0. The average Bonchev–Trinajstić information content (AvgIpc) is 2.81. The maximum atomic E-state index is 11.3. The second-order valence-electron chi connectivity index (χ2n) is 8.59. The van der Waals surface area contributed by atoms with Crippen molar-refractivity contribution in [3.63, 3.8) is 0 Å². The molecule has 1 aromatic carbocycles. The molecule has 0 bridgehead atoms. The van der Waals surface area contributed by atoms with Crippen LogP contribution in [0.5, 0.6) is 11.5 Å². The molecule has 0 saturated carbocycles. The molecule has 0 aromatic heterocycles. The van der Waals surface area contributed by atoms with Gasteiger partial charge in [-0.1, -0.05) is 109 Å². The first-order chi connectivity index (χ1) is 15.8. The smallest absolute Gasteiger partial charge is 0.150 e. The van der Waals surface area contributed by atoms with Gasteiger partial charge in [-0.3, -0.25) is 4.79 Å². The SMILES string of the molecule is O=Cc1cc(OCCCCCCCCCCBr)cc(OCCCCCCCCCCBr)c1. The summed E-state index contributed by atoms with van der Waals surface area (Å²) < 4.78 is 11.8. The molecular weight excluding hydrogens is 532 g/mol. The quantitative estimate of drug-likeness (QED) is 0.0740. The lowest BCUT2D eigenvalue weighted by Gasteiger charge is -2.11. The minimum atomic E-state index is 0.615. The van der Waals surface area contributed by atoms with Gasteiger partial charge in [0, 0.05) is 22.3 Å². The van der Waals surface area contributed by atoms with Gasteiger partial charge in [0.15, 0.2) is 0 Å². The Labute approximate surface area is 213 Å². The molecule has 5 heteroatoms. The first-order valence-electron chi connectivity index (χ1n) is 12.8. The Morgan fingerprint density at radius 3 is 1.22 bits per heavy atom. The Kier molecular flexibility index (Phi) is 20.5. The molecule has 0 aliphatic carbocycles. The number of benzene rings is 1. The molecule has 1 aromatic rings. The first-order valence-corrected chi connectivity index (χ1v) is 15.0. The van der Waals surface area contributed by atoms with Gasteiger partial charge in [-0.25, -0.2) is 0 Å². The van der Waals surface area contributed by atoms with Gasteiger partial charge in [0.2, 0.25) is 0 Å². The largest absolute Gasteiger partial charge is 0.493 e. The second kappa shape index (κ2) is 22.3. The van der Waals surface area contributed by atoms with Gasteiger partial charge in [0.05, 0.1) is 13.2 Å². The van der Waals surface area contributed by atoms with Gasteiger partial charge in [-0.2, -0.15) is 0 Å². The zero-order valence-corrected chi connectivity index (χ0v) is 23.1. The molecule has 0 heterocycles. The molecule has 0 amide bonds. The number of unbranched alkanes of at least 4 members (excludes halogenated alkanes) is 14. The summed E-state index contributed by atoms with van der Waals surface area (Å²) >= 11 is 6.97. The molecule has 0 radical (unpaired) electrons. The van der Waals surface area contributed by atoms with Crippen LogP contribution in [0.1, 0.15) is 113 Å². The minimum Gasteiger partial charge on any atom is -0.493 e.